The molecule has 0 spiro atoms. The quantitative estimate of drug-likeness (QED) is 0.727. The van der Waals surface area contributed by atoms with Crippen LogP contribution in [0.15, 0.2) is 0 Å². The van der Waals surface area contributed by atoms with Crippen LogP contribution in [0.3, 0.4) is 0 Å². The topological polar surface area (TPSA) is 57.6 Å². The van der Waals surface area contributed by atoms with E-state index < -0.39 is 5.97 Å². The molecule has 4 nitrogen and oxygen atoms in total. The molecule has 1 N–H and O–H groups in total. The minimum Gasteiger partial charge on any atom is -0.481 e. The number of carbonyl (C=O) groups is 2. The van der Waals surface area contributed by atoms with Gasteiger partial charge in [-0.1, -0.05) is 20.3 Å². The first-order chi connectivity index (χ1) is 7.38. The third kappa shape index (κ3) is 5.73. The highest BCUT2D eigenvalue weighted by molar-refractivity contribution is 5.77. The molecule has 2 atom stereocenters. The largest absolute Gasteiger partial charge is 0.481 e. The first-order valence-corrected chi connectivity index (χ1v) is 5.85. The van der Waals surface area contributed by atoms with Crippen molar-refractivity contribution < 1.29 is 14.7 Å². The second-order valence-corrected chi connectivity index (χ2v) is 4.55. The molecular weight excluding hydrogens is 206 g/mol. The third-order valence-corrected chi connectivity index (χ3v) is 2.81. The minimum absolute atomic E-state index is 0.0368. The smallest absolute Gasteiger partial charge is 0.303 e. The Bertz CT molecular complexity index is 240. The molecule has 16 heavy (non-hydrogen) atoms. The van der Waals surface area contributed by atoms with Gasteiger partial charge in [-0.3, -0.25) is 9.59 Å². The van der Waals surface area contributed by atoms with Gasteiger partial charge in [-0.15, -0.1) is 0 Å². The predicted molar refractivity (Wildman–Crippen MR) is 63.2 cm³/mol. The second-order valence-electron chi connectivity index (χ2n) is 4.55. The number of amides is 1. The van der Waals surface area contributed by atoms with E-state index in [9.17, 15) is 9.59 Å². The van der Waals surface area contributed by atoms with E-state index in [4.69, 9.17) is 5.11 Å². The van der Waals surface area contributed by atoms with Crippen molar-refractivity contribution in [2.24, 2.45) is 5.92 Å². The Balaban J connectivity index is 4.08. The average Bonchev–Trinajstić information content (AvgIpc) is 2.15. The summed E-state index contributed by atoms with van der Waals surface area (Å²) in [4.78, 5) is 24.0. The SMILES string of the molecule is CCCC(C)N(C)C(=O)CC(C)CC(=O)O. The predicted octanol–water partition coefficient (Wildman–Crippen LogP) is 2.13. The first kappa shape index (κ1) is 14.9. The third-order valence-electron chi connectivity index (χ3n) is 2.81. The highest BCUT2D eigenvalue weighted by atomic mass is 16.4. The molecule has 0 bridgehead atoms. The summed E-state index contributed by atoms with van der Waals surface area (Å²) in [5.41, 5.74) is 0. The van der Waals surface area contributed by atoms with Gasteiger partial charge in [0, 0.05) is 25.9 Å². The van der Waals surface area contributed by atoms with Crippen LogP contribution in [0, 0.1) is 5.92 Å². The lowest BCUT2D eigenvalue weighted by molar-refractivity contribution is -0.138. The number of hydrogen-bond acceptors (Lipinski definition) is 2. The Kier molecular flexibility index (Phi) is 6.77. The van der Waals surface area contributed by atoms with Crippen molar-refractivity contribution in [1.82, 2.24) is 4.90 Å². The van der Waals surface area contributed by atoms with Crippen LogP contribution in [-0.4, -0.2) is 35.0 Å². The molecule has 1 amide bonds. The van der Waals surface area contributed by atoms with E-state index in [2.05, 4.69) is 6.92 Å². The summed E-state index contributed by atoms with van der Waals surface area (Å²) < 4.78 is 0. The highest BCUT2D eigenvalue weighted by Gasteiger charge is 2.18. The van der Waals surface area contributed by atoms with E-state index in [0.29, 0.717) is 6.42 Å². The Morgan fingerprint density at radius 3 is 2.25 bits per heavy atom. The molecule has 94 valence electrons. The van der Waals surface area contributed by atoms with Gasteiger partial charge in [0.25, 0.3) is 0 Å². The van der Waals surface area contributed by atoms with E-state index in [0.717, 1.165) is 12.8 Å². The standard InChI is InChI=1S/C12H23NO3/c1-5-6-10(3)13(4)11(14)7-9(2)8-12(15)16/h9-10H,5-8H2,1-4H3,(H,15,16). The zero-order valence-corrected chi connectivity index (χ0v) is 10.7. The molecule has 0 aromatic rings. The van der Waals surface area contributed by atoms with Crippen molar-refractivity contribution in [2.45, 2.75) is 52.5 Å². The molecule has 0 aliphatic rings. The number of carboxylic acids is 1. The van der Waals surface area contributed by atoms with Gasteiger partial charge in [-0.2, -0.15) is 0 Å². The number of rotatable bonds is 7. The summed E-state index contributed by atoms with van der Waals surface area (Å²) in [5, 5.41) is 8.60. The summed E-state index contributed by atoms with van der Waals surface area (Å²) >= 11 is 0. The van der Waals surface area contributed by atoms with Gasteiger partial charge in [0.2, 0.25) is 5.91 Å². The van der Waals surface area contributed by atoms with Crippen LogP contribution in [0.1, 0.15) is 46.5 Å². The van der Waals surface area contributed by atoms with E-state index >= 15 is 0 Å². The van der Waals surface area contributed by atoms with Gasteiger partial charge in [-0.25, -0.2) is 0 Å². The number of nitrogens with zero attached hydrogens (tertiary/aromatic N) is 1. The normalized spacial score (nSPS) is 14.2. The van der Waals surface area contributed by atoms with Crippen LogP contribution in [0.4, 0.5) is 0 Å². The fourth-order valence-corrected chi connectivity index (χ4v) is 1.67. The fourth-order valence-electron chi connectivity index (χ4n) is 1.67. The summed E-state index contributed by atoms with van der Waals surface area (Å²) in [6.07, 6.45) is 2.40. The fraction of sp³-hybridized carbons (Fsp3) is 0.833. The molecule has 0 aromatic carbocycles. The molecular formula is C12H23NO3. The van der Waals surface area contributed by atoms with Gasteiger partial charge in [0.05, 0.1) is 0 Å². The zero-order chi connectivity index (χ0) is 12.7. The molecule has 0 aliphatic heterocycles. The van der Waals surface area contributed by atoms with E-state index in [1.807, 2.05) is 6.92 Å². The van der Waals surface area contributed by atoms with E-state index in [1.165, 1.54) is 0 Å². The molecule has 0 heterocycles. The summed E-state index contributed by atoms with van der Waals surface area (Å²) in [6.45, 7) is 5.90. The molecule has 0 saturated carbocycles. The van der Waals surface area contributed by atoms with Gasteiger partial charge < -0.3 is 10.0 Å². The van der Waals surface area contributed by atoms with E-state index in [1.54, 1.807) is 18.9 Å². The lowest BCUT2D eigenvalue weighted by atomic mass is 10.0. The Morgan fingerprint density at radius 1 is 1.25 bits per heavy atom. The van der Waals surface area contributed by atoms with Crippen LogP contribution in [0.2, 0.25) is 0 Å². The van der Waals surface area contributed by atoms with Crippen molar-refractivity contribution >= 4 is 11.9 Å². The monoisotopic (exact) mass is 229 g/mol. The average molecular weight is 229 g/mol. The van der Waals surface area contributed by atoms with Gasteiger partial charge in [0.1, 0.15) is 0 Å². The van der Waals surface area contributed by atoms with Crippen LogP contribution >= 0.6 is 0 Å². The van der Waals surface area contributed by atoms with Crippen LogP contribution in [0.25, 0.3) is 0 Å². The zero-order valence-electron chi connectivity index (χ0n) is 10.7. The lowest BCUT2D eigenvalue weighted by Gasteiger charge is -2.25. The molecule has 0 aromatic heterocycles. The summed E-state index contributed by atoms with van der Waals surface area (Å²) in [6, 6.07) is 0.231. The first-order valence-electron chi connectivity index (χ1n) is 5.85. The Morgan fingerprint density at radius 2 is 1.81 bits per heavy atom. The van der Waals surface area contributed by atoms with Gasteiger partial charge in [-0.05, 0) is 19.3 Å². The maximum absolute atomic E-state index is 11.8. The maximum atomic E-state index is 11.8. The number of hydrogen-bond donors (Lipinski definition) is 1. The highest BCUT2D eigenvalue weighted by Crippen LogP contribution is 2.12. The molecule has 0 rings (SSSR count). The van der Waals surface area contributed by atoms with Gasteiger partial charge >= 0.3 is 5.97 Å². The van der Waals surface area contributed by atoms with Crippen LogP contribution in [0.5, 0.6) is 0 Å². The molecule has 0 saturated heterocycles. The van der Waals surface area contributed by atoms with Crippen molar-refractivity contribution in [3.05, 3.63) is 0 Å². The van der Waals surface area contributed by atoms with Crippen molar-refractivity contribution in [3.8, 4) is 0 Å². The number of aliphatic carboxylic acids is 1. The lowest BCUT2D eigenvalue weighted by Crippen LogP contribution is -2.35. The van der Waals surface area contributed by atoms with Gasteiger partial charge in [0.15, 0.2) is 0 Å². The molecule has 4 heteroatoms. The minimum atomic E-state index is -0.843. The second kappa shape index (κ2) is 7.25. The molecule has 0 radical (unpaired) electrons. The maximum Gasteiger partial charge on any atom is 0.303 e. The van der Waals surface area contributed by atoms with E-state index in [-0.39, 0.29) is 24.3 Å². The summed E-state index contributed by atoms with van der Waals surface area (Å²) in [7, 11) is 1.79. The molecule has 0 aliphatic carbocycles. The van der Waals surface area contributed by atoms with Crippen molar-refractivity contribution in [2.75, 3.05) is 7.05 Å². The number of carbonyl (C=O) groups excluding carboxylic acids is 1. The van der Waals surface area contributed by atoms with Crippen LogP contribution in [-0.2, 0) is 9.59 Å². The molecule has 2 unspecified atom stereocenters. The Hall–Kier alpha value is -1.06. The van der Waals surface area contributed by atoms with Crippen molar-refractivity contribution in [3.63, 3.8) is 0 Å². The van der Waals surface area contributed by atoms with Crippen LogP contribution < -0.4 is 0 Å². The van der Waals surface area contributed by atoms with Crippen molar-refractivity contribution in [1.29, 1.82) is 0 Å². The summed E-state index contributed by atoms with van der Waals surface area (Å²) in [5.74, 6) is -0.902. The number of carboxylic acid groups (broad SMARTS) is 1. The Labute approximate surface area is 97.6 Å². The molecule has 0 fully saturated rings.